The molecule has 0 amide bonds. The largest absolute Gasteiger partial charge is 0.379 e. The van der Waals surface area contributed by atoms with Gasteiger partial charge in [0.05, 0.1) is 18.8 Å². The van der Waals surface area contributed by atoms with Crippen LogP contribution in [0.4, 0.5) is 0 Å². The number of ketones is 1. The van der Waals surface area contributed by atoms with Crippen molar-refractivity contribution in [2.75, 3.05) is 26.3 Å². The molecule has 3 heteroatoms. The van der Waals surface area contributed by atoms with Gasteiger partial charge in [-0.25, -0.2) is 0 Å². The molecule has 2 rings (SSSR count). The highest BCUT2D eigenvalue weighted by Gasteiger charge is 2.35. The van der Waals surface area contributed by atoms with Crippen LogP contribution in [0.2, 0.25) is 0 Å². The van der Waals surface area contributed by atoms with Gasteiger partial charge in [-0.15, -0.1) is 0 Å². The number of ether oxygens (including phenoxy) is 1. The summed E-state index contributed by atoms with van der Waals surface area (Å²) in [6.45, 7) is 11.5. The second-order valence-corrected chi connectivity index (χ2v) is 6.79. The Balaban J connectivity index is 2.17. The van der Waals surface area contributed by atoms with Gasteiger partial charge >= 0.3 is 0 Å². The molecule has 0 unspecified atom stereocenters. The van der Waals surface area contributed by atoms with Crippen molar-refractivity contribution in [2.45, 2.75) is 39.7 Å². The minimum atomic E-state index is -0.472. The van der Waals surface area contributed by atoms with Crippen molar-refractivity contribution in [3.05, 3.63) is 35.4 Å². The zero-order valence-electron chi connectivity index (χ0n) is 13.7. The fourth-order valence-electron chi connectivity index (χ4n) is 2.93. The van der Waals surface area contributed by atoms with Crippen LogP contribution >= 0.6 is 0 Å². The summed E-state index contributed by atoms with van der Waals surface area (Å²) in [7, 11) is 0. The molecule has 1 fully saturated rings. The third kappa shape index (κ3) is 3.92. The molecule has 0 saturated carbocycles. The molecule has 1 aromatic rings. The van der Waals surface area contributed by atoms with E-state index >= 15 is 0 Å². The lowest BCUT2D eigenvalue weighted by Crippen LogP contribution is -2.54. The molecule has 0 atom stereocenters. The number of benzene rings is 1. The first-order valence-electron chi connectivity index (χ1n) is 7.88. The van der Waals surface area contributed by atoms with E-state index in [1.807, 2.05) is 26.0 Å². The van der Waals surface area contributed by atoms with Crippen LogP contribution in [0.1, 0.15) is 43.6 Å². The van der Waals surface area contributed by atoms with Crippen LogP contribution in [0.25, 0.3) is 0 Å². The number of Topliss-reactive ketones (excluding diaryl/α,β-unsaturated/α-hetero) is 1. The quantitative estimate of drug-likeness (QED) is 0.780. The third-order valence-corrected chi connectivity index (χ3v) is 4.19. The van der Waals surface area contributed by atoms with Crippen molar-refractivity contribution in [3.8, 4) is 0 Å². The van der Waals surface area contributed by atoms with Crippen molar-refractivity contribution in [2.24, 2.45) is 5.92 Å². The molecule has 1 heterocycles. The molecule has 1 saturated heterocycles. The predicted molar refractivity (Wildman–Crippen MR) is 85.8 cm³/mol. The highest BCUT2D eigenvalue weighted by Crippen LogP contribution is 2.23. The molecule has 1 aromatic carbocycles. The SMILES string of the molecule is CC(C)Cc1cccc(C(=O)C(C)(C)N2CCOCC2)c1. The van der Waals surface area contributed by atoms with E-state index in [9.17, 15) is 4.79 Å². The van der Waals surface area contributed by atoms with E-state index in [1.165, 1.54) is 5.56 Å². The van der Waals surface area contributed by atoms with Gasteiger partial charge in [-0.05, 0) is 37.8 Å². The van der Waals surface area contributed by atoms with Crippen LogP contribution in [-0.4, -0.2) is 42.5 Å². The number of morpholine rings is 1. The monoisotopic (exact) mass is 289 g/mol. The number of carbonyl (C=O) groups is 1. The summed E-state index contributed by atoms with van der Waals surface area (Å²) >= 11 is 0. The fourth-order valence-corrected chi connectivity index (χ4v) is 2.93. The van der Waals surface area contributed by atoms with Crippen molar-refractivity contribution >= 4 is 5.78 Å². The summed E-state index contributed by atoms with van der Waals surface area (Å²) in [5.41, 5.74) is 1.60. The van der Waals surface area contributed by atoms with Gasteiger partial charge in [0.25, 0.3) is 0 Å². The predicted octanol–water partition coefficient (Wildman–Crippen LogP) is 3.18. The Hall–Kier alpha value is -1.19. The second-order valence-electron chi connectivity index (χ2n) is 6.79. The molecule has 1 aliphatic rings. The van der Waals surface area contributed by atoms with Crippen molar-refractivity contribution in [1.29, 1.82) is 0 Å². The van der Waals surface area contributed by atoms with Crippen LogP contribution in [0.5, 0.6) is 0 Å². The van der Waals surface area contributed by atoms with E-state index in [0.717, 1.165) is 25.1 Å². The first-order chi connectivity index (χ1) is 9.91. The summed E-state index contributed by atoms with van der Waals surface area (Å²) in [5.74, 6) is 0.803. The second kappa shape index (κ2) is 6.71. The highest BCUT2D eigenvalue weighted by atomic mass is 16.5. The Kier molecular flexibility index (Phi) is 5.17. The molecule has 3 nitrogen and oxygen atoms in total. The molecular weight excluding hydrogens is 262 g/mol. The number of hydrogen-bond acceptors (Lipinski definition) is 3. The molecule has 0 N–H and O–H groups in total. The Bertz CT molecular complexity index is 488. The average molecular weight is 289 g/mol. The Morgan fingerprint density at radius 2 is 1.95 bits per heavy atom. The van der Waals surface area contributed by atoms with Gasteiger partial charge in [0, 0.05) is 18.7 Å². The average Bonchev–Trinajstić information content (AvgIpc) is 2.47. The van der Waals surface area contributed by atoms with E-state index in [1.54, 1.807) is 0 Å². The molecule has 21 heavy (non-hydrogen) atoms. The lowest BCUT2D eigenvalue weighted by molar-refractivity contribution is -0.00430. The van der Waals surface area contributed by atoms with Gasteiger partial charge in [-0.1, -0.05) is 32.0 Å². The van der Waals surface area contributed by atoms with Gasteiger partial charge in [0.2, 0.25) is 0 Å². The Morgan fingerprint density at radius 3 is 2.57 bits per heavy atom. The lowest BCUT2D eigenvalue weighted by atomic mass is 9.89. The van der Waals surface area contributed by atoms with E-state index in [2.05, 4.69) is 30.9 Å². The lowest BCUT2D eigenvalue weighted by Gasteiger charge is -2.39. The Morgan fingerprint density at radius 1 is 1.29 bits per heavy atom. The maximum absolute atomic E-state index is 12.9. The summed E-state index contributed by atoms with van der Waals surface area (Å²) in [6.07, 6.45) is 1.01. The van der Waals surface area contributed by atoms with Crippen molar-refractivity contribution < 1.29 is 9.53 Å². The van der Waals surface area contributed by atoms with Crippen LogP contribution in [0.15, 0.2) is 24.3 Å². The third-order valence-electron chi connectivity index (χ3n) is 4.19. The van der Waals surface area contributed by atoms with Gasteiger partial charge in [-0.3, -0.25) is 9.69 Å². The van der Waals surface area contributed by atoms with E-state index < -0.39 is 5.54 Å². The smallest absolute Gasteiger partial charge is 0.182 e. The van der Waals surface area contributed by atoms with Gasteiger partial charge < -0.3 is 4.74 Å². The van der Waals surface area contributed by atoms with Gasteiger partial charge in [0.15, 0.2) is 5.78 Å². The minimum Gasteiger partial charge on any atom is -0.379 e. The molecule has 0 aromatic heterocycles. The van der Waals surface area contributed by atoms with Gasteiger partial charge in [-0.2, -0.15) is 0 Å². The van der Waals surface area contributed by atoms with E-state index in [-0.39, 0.29) is 5.78 Å². The summed E-state index contributed by atoms with van der Waals surface area (Å²) in [5, 5.41) is 0. The first kappa shape index (κ1) is 16.2. The highest BCUT2D eigenvalue weighted by molar-refractivity contribution is 6.02. The number of nitrogens with zero attached hydrogens (tertiary/aromatic N) is 1. The summed E-state index contributed by atoms with van der Waals surface area (Å²) < 4.78 is 5.39. The number of hydrogen-bond donors (Lipinski definition) is 0. The summed E-state index contributed by atoms with van der Waals surface area (Å²) in [6, 6.07) is 8.11. The Labute approximate surface area is 128 Å². The zero-order valence-corrected chi connectivity index (χ0v) is 13.7. The normalized spacial score (nSPS) is 17.2. The minimum absolute atomic E-state index is 0.204. The van der Waals surface area contributed by atoms with Gasteiger partial charge in [0.1, 0.15) is 0 Å². The molecule has 0 radical (unpaired) electrons. The van der Waals surface area contributed by atoms with Crippen LogP contribution in [0.3, 0.4) is 0 Å². The maximum atomic E-state index is 12.9. The van der Waals surface area contributed by atoms with Crippen molar-refractivity contribution in [3.63, 3.8) is 0 Å². The van der Waals surface area contributed by atoms with Crippen LogP contribution in [0, 0.1) is 5.92 Å². The maximum Gasteiger partial charge on any atom is 0.182 e. The fraction of sp³-hybridized carbons (Fsp3) is 0.611. The van der Waals surface area contributed by atoms with E-state index in [0.29, 0.717) is 19.1 Å². The standard InChI is InChI=1S/C18H27NO2/c1-14(2)12-15-6-5-7-16(13-15)17(20)18(3,4)19-8-10-21-11-9-19/h5-7,13-14H,8-12H2,1-4H3. The molecule has 1 aliphatic heterocycles. The van der Waals surface area contributed by atoms with Crippen LogP contribution in [-0.2, 0) is 11.2 Å². The van der Waals surface area contributed by atoms with E-state index in [4.69, 9.17) is 4.74 Å². The molecule has 0 bridgehead atoms. The summed E-state index contributed by atoms with van der Waals surface area (Å²) in [4.78, 5) is 15.2. The number of rotatable bonds is 5. The number of carbonyl (C=O) groups excluding carboxylic acids is 1. The zero-order chi connectivity index (χ0) is 15.5. The molecule has 116 valence electrons. The van der Waals surface area contributed by atoms with Crippen molar-refractivity contribution in [1.82, 2.24) is 4.90 Å². The molecule has 0 spiro atoms. The molecular formula is C18H27NO2. The first-order valence-corrected chi connectivity index (χ1v) is 7.88. The topological polar surface area (TPSA) is 29.5 Å². The molecule has 0 aliphatic carbocycles. The van der Waals surface area contributed by atoms with Crippen LogP contribution < -0.4 is 0 Å².